The summed E-state index contributed by atoms with van der Waals surface area (Å²) >= 11 is 0. The largest absolute Gasteiger partial charge is 0.380 e. The molecule has 0 fully saturated rings. The summed E-state index contributed by atoms with van der Waals surface area (Å²) in [6.07, 6.45) is 0. The fraction of sp³-hybridized carbons (Fsp3) is 0.625. The molecule has 0 spiro atoms. The van der Waals surface area contributed by atoms with Crippen LogP contribution in [0.4, 0.5) is 10.1 Å². The van der Waals surface area contributed by atoms with Crippen LogP contribution < -0.4 is 10.2 Å². The summed E-state index contributed by atoms with van der Waals surface area (Å²) in [5.74, 6) is -0.161. The lowest BCUT2D eigenvalue weighted by molar-refractivity contribution is 0.154. The lowest BCUT2D eigenvalue weighted by atomic mass is 10.1. The monoisotopic (exact) mass is 282 g/mol. The van der Waals surface area contributed by atoms with Crippen molar-refractivity contribution in [2.45, 2.75) is 40.3 Å². The molecule has 0 bridgehead atoms. The Bertz CT molecular complexity index is 396. The first-order valence-corrected chi connectivity index (χ1v) is 7.43. The van der Waals surface area contributed by atoms with Crippen LogP contribution in [0.25, 0.3) is 0 Å². The van der Waals surface area contributed by atoms with Gasteiger partial charge >= 0.3 is 0 Å². The summed E-state index contributed by atoms with van der Waals surface area (Å²) in [6, 6.07) is 5.86. The molecular formula is C16H27FN2O. The minimum absolute atomic E-state index is 0.161. The standard InChI is InChI=1S/C16H27FN2O/c1-5-19(9-10-20-6-2)16-8-7-14(11-15(16)17)12-18-13(3)4/h7-8,11,13,18H,5-6,9-10,12H2,1-4H3. The third kappa shape index (κ3) is 5.47. The Hall–Kier alpha value is -1.13. The van der Waals surface area contributed by atoms with Crippen LogP contribution >= 0.6 is 0 Å². The van der Waals surface area contributed by atoms with Gasteiger partial charge in [-0.15, -0.1) is 0 Å². The molecule has 114 valence electrons. The fourth-order valence-corrected chi connectivity index (χ4v) is 2.01. The summed E-state index contributed by atoms with van der Waals surface area (Å²) in [4.78, 5) is 2.00. The van der Waals surface area contributed by atoms with Crippen LogP contribution in [-0.4, -0.2) is 32.3 Å². The Balaban J connectivity index is 2.69. The van der Waals surface area contributed by atoms with Gasteiger partial charge in [0.2, 0.25) is 0 Å². The lowest BCUT2D eigenvalue weighted by Gasteiger charge is -2.24. The number of nitrogens with zero attached hydrogens (tertiary/aromatic N) is 1. The van der Waals surface area contributed by atoms with Crippen LogP contribution in [0.1, 0.15) is 33.3 Å². The van der Waals surface area contributed by atoms with Crippen molar-refractivity contribution < 1.29 is 9.13 Å². The highest BCUT2D eigenvalue weighted by molar-refractivity contribution is 5.49. The molecule has 0 saturated heterocycles. The Morgan fingerprint density at radius 3 is 2.60 bits per heavy atom. The molecule has 0 saturated carbocycles. The molecular weight excluding hydrogens is 255 g/mol. The van der Waals surface area contributed by atoms with Crippen LogP contribution in [0.2, 0.25) is 0 Å². The van der Waals surface area contributed by atoms with E-state index in [0.717, 1.165) is 12.1 Å². The van der Waals surface area contributed by atoms with Gasteiger partial charge in [0.1, 0.15) is 5.82 Å². The second-order valence-electron chi connectivity index (χ2n) is 5.10. The van der Waals surface area contributed by atoms with E-state index >= 15 is 0 Å². The number of hydrogen-bond acceptors (Lipinski definition) is 3. The van der Waals surface area contributed by atoms with Crippen molar-refractivity contribution in [2.75, 3.05) is 31.2 Å². The number of benzene rings is 1. The van der Waals surface area contributed by atoms with Gasteiger partial charge in [0, 0.05) is 32.3 Å². The number of hydrogen-bond donors (Lipinski definition) is 1. The molecule has 4 heteroatoms. The molecule has 0 radical (unpaired) electrons. The van der Waals surface area contributed by atoms with E-state index in [4.69, 9.17) is 4.74 Å². The number of rotatable bonds is 9. The number of likely N-dealkylation sites (N-methyl/N-ethyl adjacent to an activating group) is 1. The number of anilines is 1. The Morgan fingerprint density at radius 1 is 1.30 bits per heavy atom. The number of ether oxygens (including phenoxy) is 1. The van der Waals surface area contributed by atoms with Gasteiger partial charge in [-0.2, -0.15) is 0 Å². The summed E-state index contributed by atoms with van der Waals surface area (Å²) in [5.41, 5.74) is 1.63. The highest BCUT2D eigenvalue weighted by atomic mass is 19.1. The third-order valence-corrected chi connectivity index (χ3v) is 3.16. The van der Waals surface area contributed by atoms with E-state index in [1.807, 2.05) is 30.9 Å². The summed E-state index contributed by atoms with van der Waals surface area (Å²) in [7, 11) is 0. The smallest absolute Gasteiger partial charge is 0.146 e. The maximum Gasteiger partial charge on any atom is 0.146 e. The van der Waals surface area contributed by atoms with E-state index in [0.29, 0.717) is 38.0 Å². The van der Waals surface area contributed by atoms with E-state index in [1.54, 1.807) is 6.07 Å². The van der Waals surface area contributed by atoms with Gasteiger partial charge in [0.15, 0.2) is 0 Å². The molecule has 20 heavy (non-hydrogen) atoms. The average Bonchev–Trinajstić information content (AvgIpc) is 2.42. The van der Waals surface area contributed by atoms with E-state index in [9.17, 15) is 4.39 Å². The SMILES string of the molecule is CCOCCN(CC)c1ccc(CNC(C)C)cc1F. The third-order valence-electron chi connectivity index (χ3n) is 3.16. The predicted molar refractivity (Wildman–Crippen MR) is 82.8 cm³/mol. The summed E-state index contributed by atoms with van der Waals surface area (Å²) < 4.78 is 19.6. The molecule has 0 aliphatic carbocycles. The minimum Gasteiger partial charge on any atom is -0.380 e. The number of halogens is 1. The first-order chi connectivity index (χ1) is 9.58. The van der Waals surface area contributed by atoms with Gasteiger partial charge in [-0.05, 0) is 31.5 Å². The van der Waals surface area contributed by atoms with Crippen LogP contribution in [0.15, 0.2) is 18.2 Å². The van der Waals surface area contributed by atoms with Gasteiger partial charge in [-0.1, -0.05) is 19.9 Å². The van der Waals surface area contributed by atoms with Crippen LogP contribution in [0.5, 0.6) is 0 Å². The normalized spacial score (nSPS) is 11.1. The first-order valence-electron chi connectivity index (χ1n) is 7.43. The van der Waals surface area contributed by atoms with E-state index < -0.39 is 0 Å². The Morgan fingerprint density at radius 2 is 2.05 bits per heavy atom. The molecule has 1 rings (SSSR count). The zero-order valence-electron chi connectivity index (χ0n) is 13.1. The van der Waals surface area contributed by atoms with Gasteiger partial charge in [0.05, 0.1) is 12.3 Å². The van der Waals surface area contributed by atoms with Crippen molar-refractivity contribution in [3.63, 3.8) is 0 Å². The van der Waals surface area contributed by atoms with Crippen LogP contribution in [-0.2, 0) is 11.3 Å². The number of nitrogens with one attached hydrogen (secondary N) is 1. The van der Waals surface area contributed by atoms with E-state index in [2.05, 4.69) is 19.2 Å². The van der Waals surface area contributed by atoms with Crippen molar-refractivity contribution in [2.24, 2.45) is 0 Å². The zero-order valence-corrected chi connectivity index (χ0v) is 13.1. The van der Waals surface area contributed by atoms with Gasteiger partial charge < -0.3 is 15.0 Å². The van der Waals surface area contributed by atoms with Crippen molar-refractivity contribution >= 4 is 5.69 Å². The van der Waals surface area contributed by atoms with Crippen molar-refractivity contribution in [1.82, 2.24) is 5.32 Å². The van der Waals surface area contributed by atoms with E-state index in [-0.39, 0.29) is 5.82 Å². The van der Waals surface area contributed by atoms with Gasteiger partial charge in [-0.3, -0.25) is 0 Å². The molecule has 0 aliphatic heterocycles. The second kappa shape index (κ2) is 8.93. The molecule has 0 unspecified atom stereocenters. The van der Waals surface area contributed by atoms with E-state index in [1.165, 1.54) is 0 Å². The lowest BCUT2D eigenvalue weighted by Crippen LogP contribution is -2.28. The predicted octanol–water partition coefficient (Wildman–Crippen LogP) is 3.19. The molecule has 0 heterocycles. The Labute approximate surface area is 122 Å². The first kappa shape index (κ1) is 16.9. The zero-order chi connectivity index (χ0) is 15.0. The Kier molecular flexibility index (Phi) is 7.55. The average molecular weight is 282 g/mol. The highest BCUT2D eigenvalue weighted by Crippen LogP contribution is 2.20. The van der Waals surface area contributed by atoms with Crippen molar-refractivity contribution in [3.05, 3.63) is 29.6 Å². The van der Waals surface area contributed by atoms with Crippen LogP contribution in [0.3, 0.4) is 0 Å². The van der Waals surface area contributed by atoms with Crippen molar-refractivity contribution in [1.29, 1.82) is 0 Å². The molecule has 1 aromatic rings. The summed E-state index contributed by atoms with van der Waals surface area (Å²) in [6.45, 7) is 11.7. The molecule has 0 aromatic heterocycles. The topological polar surface area (TPSA) is 24.5 Å². The second-order valence-corrected chi connectivity index (χ2v) is 5.10. The summed E-state index contributed by atoms with van der Waals surface area (Å²) in [5, 5.41) is 3.29. The maximum atomic E-state index is 14.2. The molecule has 0 atom stereocenters. The molecule has 0 amide bonds. The molecule has 0 aliphatic rings. The van der Waals surface area contributed by atoms with Gasteiger partial charge in [0.25, 0.3) is 0 Å². The maximum absolute atomic E-state index is 14.2. The van der Waals surface area contributed by atoms with Gasteiger partial charge in [-0.25, -0.2) is 4.39 Å². The van der Waals surface area contributed by atoms with Crippen LogP contribution in [0, 0.1) is 5.82 Å². The fourth-order valence-electron chi connectivity index (χ4n) is 2.01. The highest BCUT2D eigenvalue weighted by Gasteiger charge is 2.10. The molecule has 1 N–H and O–H groups in total. The van der Waals surface area contributed by atoms with Crippen molar-refractivity contribution in [3.8, 4) is 0 Å². The quantitative estimate of drug-likeness (QED) is 0.704. The molecule has 1 aromatic carbocycles. The minimum atomic E-state index is -0.161. The molecule has 3 nitrogen and oxygen atoms in total.